The molecule has 0 aliphatic rings. The molecule has 0 bridgehead atoms. The van der Waals surface area contributed by atoms with E-state index in [0.29, 0.717) is 16.7 Å². The summed E-state index contributed by atoms with van der Waals surface area (Å²) in [6.45, 7) is 2.82. The van der Waals surface area contributed by atoms with Gasteiger partial charge in [-0.1, -0.05) is 0 Å². The second kappa shape index (κ2) is 5.52. The van der Waals surface area contributed by atoms with E-state index in [1.54, 1.807) is 19.1 Å². The number of nitro benzene ring substituents is 1. The molecule has 20 heavy (non-hydrogen) atoms. The highest BCUT2D eigenvalue weighted by atomic mass is 16.7. The van der Waals surface area contributed by atoms with Gasteiger partial charge in [-0.15, -0.1) is 0 Å². The predicted octanol–water partition coefficient (Wildman–Crippen LogP) is 2.43. The molecule has 1 aromatic carbocycles. The van der Waals surface area contributed by atoms with Gasteiger partial charge in [0, 0.05) is 26.1 Å². The van der Waals surface area contributed by atoms with E-state index in [1.807, 2.05) is 0 Å². The first-order valence-electron chi connectivity index (χ1n) is 5.85. The normalized spacial score (nSPS) is 11.9. The molecule has 1 heterocycles. The number of non-ortho nitro benzene ring substituents is 1. The number of aromatic nitrogens is 1. The molecule has 0 saturated carbocycles. The molecule has 104 valence electrons. The van der Waals surface area contributed by atoms with E-state index in [2.05, 4.69) is 4.98 Å². The van der Waals surface area contributed by atoms with Crippen molar-refractivity contribution in [3.8, 4) is 5.75 Å². The molecule has 0 saturated heterocycles. The Morgan fingerprint density at radius 3 is 2.80 bits per heavy atom. The lowest BCUT2D eigenvalue weighted by Crippen LogP contribution is -2.19. The second-order valence-electron chi connectivity index (χ2n) is 4.03. The van der Waals surface area contributed by atoms with Gasteiger partial charge in [0.25, 0.3) is 5.69 Å². The fourth-order valence-corrected chi connectivity index (χ4v) is 1.82. The van der Waals surface area contributed by atoms with Gasteiger partial charge in [-0.05, 0) is 18.2 Å². The standard InChI is InChI=1S/C13H12N2O5/c1-8(16)19-9(2)20-12-6-5-11(15(17)18)10-4-3-7-14-13(10)12/h3-7,9H,1-2H3. The molecule has 1 aromatic heterocycles. The number of ether oxygens (including phenoxy) is 2. The number of carbonyl (C=O) groups excluding carboxylic acids is 1. The Morgan fingerprint density at radius 2 is 2.15 bits per heavy atom. The summed E-state index contributed by atoms with van der Waals surface area (Å²) in [4.78, 5) is 25.4. The quantitative estimate of drug-likeness (QED) is 0.368. The Bertz CT molecular complexity index is 671. The van der Waals surface area contributed by atoms with Gasteiger partial charge >= 0.3 is 5.97 Å². The fraction of sp³-hybridized carbons (Fsp3) is 0.231. The maximum Gasteiger partial charge on any atom is 0.305 e. The summed E-state index contributed by atoms with van der Waals surface area (Å²) >= 11 is 0. The van der Waals surface area contributed by atoms with Gasteiger partial charge in [0.15, 0.2) is 5.75 Å². The van der Waals surface area contributed by atoms with Gasteiger partial charge in [-0.3, -0.25) is 19.9 Å². The van der Waals surface area contributed by atoms with Crippen molar-refractivity contribution in [1.82, 2.24) is 4.98 Å². The summed E-state index contributed by atoms with van der Waals surface area (Å²) in [5.74, 6) is -0.156. The van der Waals surface area contributed by atoms with Crippen LogP contribution in [0.3, 0.4) is 0 Å². The number of carbonyl (C=O) groups is 1. The molecule has 0 aliphatic heterocycles. The van der Waals surface area contributed by atoms with E-state index in [0.717, 1.165) is 0 Å². The van der Waals surface area contributed by atoms with Crippen molar-refractivity contribution in [1.29, 1.82) is 0 Å². The lowest BCUT2D eigenvalue weighted by Gasteiger charge is -2.15. The van der Waals surface area contributed by atoms with Crippen LogP contribution in [0.25, 0.3) is 10.9 Å². The molecule has 0 fully saturated rings. The van der Waals surface area contributed by atoms with E-state index in [4.69, 9.17) is 9.47 Å². The van der Waals surface area contributed by atoms with Crippen LogP contribution in [0.2, 0.25) is 0 Å². The number of nitro groups is 1. The number of fused-ring (bicyclic) bond motifs is 1. The van der Waals surface area contributed by atoms with E-state index in [1.165, 1.54) is 25.3 Å². The summed E-state index contributed by atoms with van der Waals surface area (Å²) in [7, 11) is 0. The molecule has 0 spiro atoms. The largest absolute Gasteiger partial charge is 0.453 e. The highest BCUT2D eigenvalue weighted by molar-refractivity contribution is 5.92. The number of pyridine rings is 1. The Balaban J connectivity index is 2.43. The minimum Gasteiger partial charge on any atom is -0.453 e. The smallest absolute Gasteiger partial charge is 0.305 e. The minimum atomic E-state index is -0.806. The van der Waals surface area contributed by atoms with Crippen molar-refractivity contribution in [3.05, 3.63) is 40.6 Å². The van der Waals surface area contributed by atoms with Crippen LogP contribution in [0.4, 0.5) is 5.69 Å². The summed E-state index contributed by atoms with van der Waals surface area (Å²) in [5, 5.41) is 11.3. The second-order valence-corrected chi connectivity index (χ2v) is 4.03. The summed E-state index contributed by atoms with van der Waals surface area (Å²) in [6, 6.07) is 5.96. The summed E-state index contributed by atoms with van der Waals surface area (Å²) in [6.07, 6.45) is 0.703. The van der Waals surface area contributed by atoms with Crippen molar-refractivity contribution in [3.63, 3.8) is 0 Å². The third-order valence-electron chi connectivity index (χ3n) is 2.53. The Kier molecular flexibility index (Phi) is 3.79. The molecule has 7 nitrogen and oxygen atoms in total. The summed E-state index contributed by atoms with van der Waals surface area (Å²) < 4.78 is 10.3. The maximum atomic E-state index is 11.0. The summed E-state index contributed by atoms with van der Waals surface area (Å²) in [5.41, 5.74) is 0.293. The van der Waals surface area contributed by atoms with Gasteiger partial charge in [0.1, 0.15) is 5.52 Å². The maximum absolute atomic E-state index is 11.0. The molecular formula is C13H12N2O5. The van der Waals surface area contributed by atoms with Crippen LogP contribution in [-0.2, 0) is 9.53 Å². The first kappa shape index (κ1) is 13.7. The first-order chi connectivity index (χ1) is 9.49. The zero-order valence-electron chi connectivity index (χ0n) is 10.9. The molecule has 0 amide bonds. The Morgan fingerprint density at radius 1 is 1.40 bits per heavy atom. The molecule has 2 rings (SSSR count). The van der Waals surface area contributed by atoms with Gasteiger partial charge < -0.3 is 9.47 Å². The molecule has 0 aliphatic carbocycles. The topological polar surface area (TPSA) is 91.6 Å². The molecule has 1 atom stereocenters. The number of benzene rings is 1. The molecule has 0 radical (unpaired) electrons. The molecule has 1 unspecified atom stereocenters. The van der Waals surface area contributed by atoms with Crippen LogP contribution >= 0.6 is 0 Å². The fourth-order valence-electron chi connectivity index (χ4n) is 1.82. The third kappa shape index (κ3) is 2.82. The zero-order chi connectivity index (χ0) is 14.7. The minimum absolute atomic E-state index is 0.0550. The molecule has 7 heteroatoms. The van der Waals surface area contributed by atoms with Gasteiger partial charge in [-0.2, -0.15) is 0 Å². The zero-order valence-corrected chi connectivity index (χ0v) is 10.9. The number of nitrogens with zero attached hydrogens (tertiary/aromatic N) is 2. The van der Waals surface area contributed by atoms with Crippen molar-refractivity contribution >= 4 is 22.6 Å². The lowest BCUT2D eigenvalue weighted by molar-refractivity contribution is -0.383. The SMILES string of the molecule is CC(=O)OC(C)Oc1ccc([N+](=O)[O-])c2cccnc12. The third-order valence-corrected chi connectivity index (χ3v) is 2.53. The number of rotatable bonds is 4. The van der Waals surface area contributed by atoms with E-state index < -0.39 is 17.2 Å². The lowest BCUT2D eigenvalue weighted by atomic mass is 10.1. The van der Waals surface area contributed by atoms with Crippen LogP contribution in [-0.4, -0.2) is 22.2 Å². The van der Waals surface area contributed by atoms with Crippen LogP contribution in [0.15, 0.2) is 30.5 Å². The van der Waals surface area contributed by atoms with Crippen LogP contribution < -0.4 is 4.74 Å². The van der Waals surface area contributed by atoms with Gasteiger partial charge in [0.05, 0.1) is 10.3 Å². The Labute approximate surface area is 114 Å². The van der Waals surface area contributed by atoms with Crippen LogP contribution in [0.5, 0.6) is 5.75 Å². The number of hydrogen-bond donors (Lipinski definition) is 0. The molecular weight excluding hydrogens is 264 g/mol. The van der Waals surface area contributed by atoms with Crippen molar-refractivity contribution in [2.75, 3.05) is 0 Å². The van der Waals surface area contributed by atoms with Crippen LogP contribution in [0, 0.1) is 10.1 Å². The monoisotopic (exact) mass is 276 g/mol. The van der Waals surface area contributed by atoms with E-state index in [9.17, 15) is 14.9 Å². The number of hydrogen-bond acceptors (Lipinski definition) is 6. The average molecular weight is 276 g/mol. The highest BCUT2D eigenvalue weighted by Gasteiger charge is 2.17. The number of esters is 1. The predicted molar refractivity (Wildman–Crippen MR) is 70.3 cm³/mol. The van der Waals surface area contributed by atoms with Crippen molar-refractivity contribution in [2.45, 2.75) is 20.1 Å². The first-order valence-corrected chi connectivity index (χ1v) is 5.85. The van der Waals surface area contributed by atoms with Gasteiger partial charge in [-0.25, -0.2) is 0 Å². The van der Waals surface area contributed by atoms with Crippen molar-refractivity contribution in [2.24, 2.45) is 0 Å². The average Bonchev–Trinajstić information content (AvgIpc) is 2.37. The van der Waals surface area contributed by atoms with Gasteiger partial charge in [0.2, 0.25) is 6.29 Å². The Hall–Kier alpha value is -2.70. The van der Waals surface area contributed by atoms with Crippen LogP contribution in [0.1, 0.15) is 13.8 Å². The molecule has 2 aromatic rings. The highest BCUT2D eigenvalue weighted by Crippen LogP contribution is 2.31. The van der Waals surface area contributed by atoms with E-state index >= 15 is 0 Å². The van der Waals surface area contributed by atoms with E-state index in [-0.39, 0.29) is 5.69 Å². The van der Waals surface area contributed by atoms with Crippen molar-refractivity contribution < 1.29 is 19.2 Å². The molecule has 0 N–H and O–H groups in total.